The van der Waals surface area contributed by atoms with E-state index in [0.717, 1.165) is 4.68 Å². The van der Waals surface area contributed by atoms with Gasteiger partial charge in [0.2, 0.25) is 0 Å². The van der Waals surface area contributed by atoms with Crippen LogP contribution in [0.15, 0.2) is 4.90 Å². The Morgan fingerprint density at radius 1 is 1.53 bits per heavy atom. The van der Waals surface area contributed by atoms with Crippen LogP contribution in [0, 0.1) is 13.8 Å². The molecule has 1 aromatic rings. The minimum Gasteiger partial charge on any atom is -0.480 e. The fourth-order valence-corrected chi connectivity index (χ4v) is 2.73. The molecular weight excluding hydrogens is 250 g/mol. The zero-order chi connectivity index (χ0) is 13.2. The number of nitrogens with zero attached hydrogens (tertiary/aromatic N) is 2. The molecule has 8 nitrogen and oxygen atoms in total. The van der Waals surface area contributed by atoms with Gasteiger partial charge in [-0.15, -0.1) is 0 Å². The van der Waals surface area contributed by atoms with Gasteiger partial charge in [-0.05, 0) is 13.8 Å². The summed E-state index contributed by atoms with van der Waals surface area (Å²) < 4.78 is 24.6. The first-order valence-corrected chi connectivity index (χ1v) is 6.08. The molecule has 0 radical (unpaired) electrons. The van der Waals surface area contributed by atoms with Crippen LogP contribution in [0.4, 0.5) is 0 Å². The average Bonchev–Trinajstić information content (AvgIpc) is 2.40. The highest BCUT2D eigenvalue weighted by atomic mass is 32.2. The van der Waals surface area contributed by atoms with Crippen molar-refractivity contribution in [1.82, 2.24) is 14.7 Å². The number of carboxylic acid groups (broad SMARTS) is 1. The highest BCUT2D eigenvalue weighted by Gasteiger charge is 2.25. The lowest BCUT2D eigenvalue weighted by Crippen LogP contribution is -2.23. The normalized spacial score (nSPS) is 11.7. The number of nitrogens with one attached hydrogen (secondary N) is 1. The Kier molecular flexibility index (Phi) is 3.86. The number of aryl methyl sites for hydroxylation is 1. The summed E-state index contributed by atoms with van der Waals surface area (Å²) in [6, 6.07) is 0. The topological polar surface area (TPSA) is 111 Å². The van der Waals surface area contributed by atoms with Gasteiger partial charge in [0.15, 0.2) is 0 Å². The number of aliphatic carboxylic acids is 1. The molecule has 2 N–H and O–H groups in total. The molecule has 17 heavy (non-hydrogen) atoms. The summed E-state index contributed by atoms with van der Waals surface area (Å²) in [5.41, 5.74) is 0.461. The van der Waals surface area contributed by atoms with Gasteiger partial charge < -0.3 is 5.11 Å². The summed E-state index contributed by atoms with van der Waals surface area (Å²) in [7, 11) is -2.66. The van der Waals surface area contributed by atoms with Crippen molar-refractivity contribution in [3.8, 4) is 0 Å². The quantitative estimate of drug-likeness (QED) is 0.688. The number of hydrogen-bond acceptors (Lipinski definition) is 5. The first-order chi connectivity index (χ1) is 7.79. The summed E-state index contributed by atoms with van der Waals surface area (Å²) in [6.07, 6.45) is 0. The van der Waals surface area contributed by atoms with E-state index in [-0.39, 0.29) is 16.3 Å². The fourth-order valence-electron chi connectivity index (χ4n) is 1.50. The summed E-state index contributed by atoms with van der Waals surface area (Å²) >= 11 is 0. The maximum absolute atomic E-state index is 11.7. The highest BCUT2D eigenvalue weighted by Crippen LogP contribution is 2.18. The first-order valence-electron chi connectivity index (χ1n) is 4.60. The Bertz CT molecular complexity index is 534. The van der Waals surface area contributed by atoms with Gasteiger partial charge in [0, 0.05) is 0 Å². The molecular formula is C8H13N3O5S. The van der Waals surface area contributed by atoms with Crippen molar-refractivity contribution in [3.63, 3.8) is 0 Å². The van der Waals surface area contributed by atoms with E-state index in [0.29, 0.717) is 0 Å². The number of carbonyl (C=O) groups is 1. The molecule has 0 aliphatic rings. The molecule has 0 saturated carbocycles. The van der Waals surface area contributed by atoms with E-state index in [1.165, 1.54) is 21.0 Å². The van der Waals surface area contributed by atoms with Gasteiger partial charge in [-0.1, -0.05) is 4.89 Å². The van der Waals surface area contributed by atoms with E-state index in [1.54, 1.807) is 0 Å². The zero-order valence-corrected chi connectivity index (χ0v) is 10.4. The van der Waals surface area contributed by atoms with Crippen LogP contribution < -0.4 is 4.89 Å². The monoisotopic (exact) mass is 263 g/mol. The molecule has 0 aliphatic carbocycles. The number of carboxylic acids is 1. The Hall–Kier alpha value is -1.45. The van der Waals surface area contributed by atoms with E-state index >= 15 is 0 Å². The predicted molar refractivity (Wildman–Crippen MR) is 56.7 cm³/mol. The number of rotatable bonds is 5. The molecule has 0 aromatic carbocycles. The Morgan fingerprint density at radius 2 is 2.12 bits per heavy atom. The molecule has 0 aliphatic heterocycles. The van der Waals surface area contributed by atoms with Crippen LogP contribution in [-0.2, 0) is 26.2 Å². The zero-order valence-electron chi connectivity index (χ0n) is 9.59. The number of aromatic nitrogens is 2. The summed E-state index contributed by atoms with van der Waals surface area (Å²) in [5, 5.41) is 12.5. The van der Waals surface area contributed by atoms with Crippen LogP contribution in [0.25, 0.3) is 0 Å². The minimum atomic E-state index is -3.84. The Morgan fingerprint density at radius 3 is 2.59 bits per heavy atom. The van der Waals surface area contributed by atoms with Crippen LogP contribution in [0.5, 0.6) is 0 Å². The predicted octanol–water partition coefficient (Wildman–Crippen LogP) is -0.576. The summed E-state index contributed by atoms with van der Waals surface area (Å²) in [4.78, 5) is 16.7. The van der Waals surface area contributed by atoms with Crippen LogP contribution in [0.2, 0.25) is 0 Å². The minimum absolute atomic E-state index is 0.0689. The molecule has 0 bridgehead atoms. The lowest BCUT2D eigenvalue weighted by atomic mass is 10.4. The van der Waals surface area contributed by atoms with Gasteiger partial charge in [-0.25, -0.2) is 8.42 Å². The van der Waals surface area contributed by atoms with Crippen molar-refractivity contribution >= 4 is 16.0 Å². The molecule has 0 amide bonds. The SMILES string of the molecule is CONS(=O)(=O)c1c(C)nn(CC(=O)O)c1C. The van der Waals surface area contributed by atoms with E-state index in [9.17, 15) is 13.2 Å². The van der Waals surface area contributed by atoms with Gasteiger partial charge in [-0.2, -0.15) is 5.10 Å². The Labute approximate surface area is 98.2 Å². The van der Waals surface area contributed by atoms with Gasteiger partial charge >= 0.3 is 5.97 Å². The lowest BCUT2D eigenvalue weighted by molar-refractivity contribution is -0.137. The van der Waals surface area contributed by atoms with Crippen LogP contribution >= 0.6 is 0 Å². The molecule has 0 unspecified atom stereocenters. The third kappa shape index (κ3) is 2.81. The maximum Gasteiger partial charge on any atom is 0.325 e. The van der Waals surface area contributed by atoms with Crippen LogP contribution in [0.3, 0.4) is 0 Å². The summed E-state index contributed by atoms with van der Waals surface area (Å²) in [6.45, 7) is 2.57. The highest BCUT2D eigenvalue weighted by molar-refractivity contribution is 7.89. The second-order valence-corrected chi connectivity index (χ2v) is 4.92. The van der Waals surface area contributed by atoms with Gasteiger partial charge in [-0.3, -0.25) is 14.3 Å². The van der Waals surface area contributed by atoms with Crippen molar-refractivity contribution in [2.45, 2.75) is 25.3 Å². The van der Waals surface area contributed by atoms with Crippen LogP contribution in [0.1, 0.15) is 11.4 Å². The van der Waals surface area contributed by atoms with Gasteiger partial charge in [0.25, 0.3) is 10.0 Å². The van der Waals surface area contributed by atoms with Crippen LogP contribution in [-0.4, -0.2) is 36.4 Å². The van der Waals surface area contributed by atoms with E-state index in [1.807, 2.05) is 4.89 Å². The van der Waals surface area contributed by atoms with E-state index in [2.05, 4.69) is 9.94 Å². The van der Waals surface area contributed by atoms with Crippen molar-refractivity contribution in [2.75, 3.05) is 7.11 Å². The lowest BCUT2D eigenvalue weighted by Gasteiger charge is -2.04. The summed E-state index contributed by atoms with van der Waals surface area (Å²) in [5.74, 6) is -1.10. The molecule has 1 heterocycles. The average molecular weight is 263 g/mol. The smallest absolute Gasteiger partial charge is 0.325 e. The maximum atomic E-state index is 11.7. The van der Waals surface area contributed by atoms with Crippen molar-refractivity contribution in [2.24, 2.45) is 0 Å². The molecule has 0 saturated heterocycles. The van der Waals surface area contributed by atoms with E-state index < -0.39 is 22.5 Å². The third-order valence-corrected chi connectivity index (χ3v) is 3.58. The molecule has 1 aromatic heterocycles. The van der Waals surface area contributed by atoms with Gasteiger partial charge in [0.1, 0.15) is 11.4 Å². The van der Waals surface area contributed by atoms with E-state index in [4.69, 9.17) is 5.11 Å². The molecule has 0 fully saturated rings. The third-order valence-electron chi connectivity index (χ3n) is 2.06. The van der Waals surface area contributed by atoms with Crippen molar-refractivity contribution in [1.29, 1.82) is 0 Å². The molecule has 9 heteroatoms. The fraction of sp³-hybridized carbons (Fsp3) is 0.500. The van der Waals surface area contributed by atoms with Gasteiger partial charge in [0.05, 0.1) is 18.5 Å². The second kappa shape index (κ2) is 4.82. The standard InChI is InChI=1S/C8H13N3O5S/c1-5-8(17(14,15)10-16-3)6(2)11(9-5)4-7(12)13/h10H,4H2,1-3H3,(H,12,13). The number of hydrogen-bond donors (Lipinski definition) is 2. The molecule has 1 rings (SSSR count). The molecule has 96 valence electrons. The number of sulfonamides is 1. The Balaban J connectivity index is 3.27. The second-order valence-electron chi connectivity index (χ2n) is 3.34. The molecule has 0 atom stereocenters. The molecule has 0 spiro atoms. The van der Waals surface area contributed by atoms with Crippen molar-refractivity contribution in [3.05, 3.63) is 11.4 Å². The first kappa shape index (κ1) is 13.6. The largest absolute Gasteiger partial charge is 0.480 e. The van der Waals surface area contributed by atoms with Crippen molar-refractivity contribution < 1.29 is 23.2 Å².